The van der Waals surface area contributed by atoms with Crippen LogP contribution in [0.25, 0.3) is 0 Å². The molecule has 19 heavy (non-hydrogen) atoms. The number of imidazole rings is 1. The van der Waals surface area contributed by atoms with Crippen molar-refractivity contribution in [3.63, 3.8) is 0 Å². The minimum atomic E-state index is 0.812. The number of nitrogens with one attached hydrogen (secondary N) is 1. The van der Waals surface area contributed by atoms with E-state index in [0.29, 0.717) is 0 Å². The minimum Gasteiger partial charge on any atom is -0.333 e. The van der Waals surface area contributed by atoms with Crippen molar-refractivity contribution in [3.8, 4) is 0 Å². The molecular weight excluding hydrogens is 234 g/mol. The van der Waals surface area contributed by atoms with Crippen LogP contribution in [0.4, 0.5) is 0 Å². The Labute approximate surface area is 115 Å². The molecule has 0 amide bonds. The predicted octanol–water partition coefficient (Wildman–Crippen LogP) is 2.64. The third-order valence-electron chi connectivity index (χ3n) is 5.92. The van der Waals surface area contributed by atoms with Crippen molar-refractivity contribution in [2.45, 2.75) is 44.6 Å². The van der Waals surface area contributed by atoms with Gasteiger partial charge >= 0.3 is 0 Å². The Balaban J connectivity index is 1.60. The lowest BCUT2D eigenvalue weighted by Crippen LogP contribution is -2.44. The topological polar surface area (TPSA) is 29.9 Å². The zero-order valence-corrected chi connectivity index (χ0v) is 11.9. The molecule has 4 saturated carbocycles. The standard InChI is InChI=1S/C16H25N3/c1-17-2-3-19-10-18-9-15(19)16-13-5-11-4-12(7-13)8-14(16)6-11/h9-14,16-17H,2-8H2,1H3. The van der Waals surface area contributed by atoms with Gasteiger partial charge in [0.2, 0.25) is 0 Å². The van der Waals surface area contributed by atoms with Crippen molar-refractivity contribution in [3.05, 3.63) is 18.2 Å². The van der Waals surface area contributed by atoms with Crippen LogP contribution < -0.4 is 5.32 Å². The van der Waals surface area contributed by atoms with Gasteiger partial charge < -0.3 is 9.88 Å². The quantitative estimate of drug-likeness (QED) is 0.901. The van der Waals surface area contributed by atoms with Crippen molar-refractivity contribution in [2.24, 2.45) is 23.7 Å². The highest BCUT2D eigenvalue weighted by Gasteiger charge is 2.49. The van der Waals surface area contributed by atoms with Gasteiger partial charge in [0.1, 0.15) is 0 Å². The van der Waals surface area contributed by atoms with Crippen LogP contribution in [0.15, 0.2) is 12.5 Å². The first-order valence-electron chi connectivity index (χ1n) is 7.99. The van der Waals surface area contributed by atoms with Gasteiger partial charge in [0.25, 0.3) is 0 Å². The van der Waals surface area contributed by atoms with Crippen molar-refractivity contribution < 1.29 is 0 Å². The van der Waals surface area contributed by atoms with Gasteiger partial charge in [-0.3, -0.25) is 0 Å². The molecular formula is C16H25N3. The zero-order valence-electron chi connectivity index (χ0n) is 11.9. The normalized spacial score (nSPS) is 39.9. The Kier molecular flexibility index (Phi) is 2.91. The van der Waals surface area contributed by atoms with E-state index < -0.39 is 0 Å². The van der Waals surface area contributed by atoms with Crippen LogP contribution in [0.1, 0.15) is 43.7 Å². The minimum absolute atomic E-state index is 0.812. The Morgan fingerprint density at radius 2 is 1.84 bits per heavy atom. The second-order valence-electron chi connectivity index (χ2n) is 7.07. The average Bonchev–Trinajstić information content (AvgIpc) is 2.83. The summed E-state index contributed by atoms with van der Waals surface area (Å²) in [6, 6.07) is 0. The largest absolute Gasteiger partial charge is 0.333 e. The number of nitrogens with zero attached hydrogens (tertiary/aromatic N) is 2. The van der Waals surface area contributed by atoms with Gasteiger partial charge in [-0.15, -0.1) is 0 Å². The lowest BCUT2D eigenvalue weighted by atomic mass is 9.51. The molecule has 3 heteroatoms. The van der Waals surface area contributed by atoms with Gasteiger partial charge in [-0.2, -0.15) is 0 Å². The fourth-order valence-corrected chi connectivity index (χ4v) is 5.44. The smallest absolute Gasteiger partial charge is 0.0948 e. The second-order valence-corrected chi connectivity index (χ2v) is 7.07. The first-order chi connectivity index (χ1) is 9.35. The molecule has 0 unspecified atom stereocenters. The molecule has 1 aromatic rings. The Bertz CT molecular complexity index is 423. The number of rotatable bonds is 4. The van der Waals surface area contributed by atoms with E-state index in [2.05, 4.69) is 21.1 Å². The molecule has 1 heterocycles. The van der Waals surface area contributed by atoms with Crippen molar-refractivity contribution in [2.75, 3.05) is 13.6 Å². The highest BCUT2D eigenvalue weighted by Crippen LogP contribution is 2.59. The monoisotopic (exact) mass is 259 g/mol. The molecule has 1 N–H and O–H groups in total. The molecule has 4 aliphatic carbocycles. The summed E-state index contributed by atoms with van der Waals surface area (Å²) in [7, 11) is 2.03. The summed E-state index contributed by atoms with van der Waals surface area (Å²) in [6.07, 6.45) is 11.7. The van der Waals surface area contributed by atoms with E-state index in [1.165, 1.54) is 31.4 Å². The third kappa shape index (κ3) is 1.94. The summed E-state index contributed by atoms with van der Waals surface area (Å²) in [6.45, 7) is 2.10. The molecule has 0 spiro atoms. The maximum atomic E-state index is 4.44. The molecule has 1 aromatic heterocycles. The number of hydrogen-bond acceptors (Lipinski definition) is 2. The molecule has 0 atom stereocenters. The van der Waals surface area contributed by atoms with Crippen LogP contribution in [-0.2, 0) is 6.54 Å². The molecule has 0 saturated heterocycles. The lowest BCUT2D eigenvalue weighted by molar-refractivity contribution is -0.00528. The third-order valence-corrected chi connectivity index (χ3v) is 5.92. The first kappa shape index (κ1) is 12.0. The SMILES string of the molecule is CNCCn1cncc1C1C2CC3CC(C2)CC1C3. The van der Waals surface area contributed by atoms with Gasteiger partial charge in [-0.05, 0) is 62.8 Å². The fraction of sp³-hybridized carbons (Fsp3) is 0.812. The zero-order chi connectivity index (χ0) is 12.8. The van der Waals surface area contributed by atoms with E-state index in [1.807, 2.05) is 13.4 Å². The second kappa shape index (κ2) is 4.62. The van der Waals surface area contributed by atoms with Crippen LogP contribution in [0.2, 0.25) is 0 Å². The molecule has 0 aromatic carbocycles. The maximum Gasteiger partial charge on any atom is 0.0948 e. The van der Waals surface area contributed by atoms with Crippen molar-refractivity contribution in [1.82, 2.24) is 14.9 Å². The summed E-state index contributed by atoms with van der Waals surface area (Å²) < 4.78 is 2.41. The Morgan fingerprint density at radius 3 is 2.47 bits per heavy atom. The van der Waals surface area contributed by atoms with Gasteiger partial charge in [0.05, 0.1) is 6.33 Å². The van der Waals surface area contributed by atoms with Crippen LogP contribution in [-0.4, -0.2) is 23.1 Å². The van der Waals surface area contributed by atoms with E-state index in [-0.39, 0.29) is 0 Å². The highest BCUT2D eigenvalue weighted by atomic mass is 15.1. The summed E-state index contributed by atoms with van der Waals surface area (Å²) in [5, 5.41) is 3.25. The van der Waals surface area contributed by atoms with Crippen molar-refractivity contribution >= 4 is 0 Å². The molecule has 104 valence electrons. The predicted molar refractivity (Wildman–Crippen MR) is 75.9 cm³/mol. The summed E-state index contributed by atoms with van der Waals surface area (Å²) in [5.74, 6) is 4.86. The summed E-state index contributed by atoms with van der Waals surface area (Å²) in [5.41, 5.74) is 1.53. The molecule has 3 nitrogen and oxygen atoms in total. The van der Waals surface area contributed by atoms with Crippen LogP contribution in [0.3, 0.4) is 0 Å². The van der Waals surface area contributed by atoms with E-state index in [1.54, 1.807) is 6.42 Å². The highest BCUT2D eigenvalue weighted by molar-refractivity contribution is 5.16. The molecule has 4 aliphatic rings. The van der Waals surface area contributed by atoms with Gasteiger partial charge in [-0.1, -0.05) is 0 Å². The maximum absolute atomic E-state index is 4.44. The molecule has 5 rings (SSSR count). The fourth-order valence-electron chi connectivity index (χ4n) is 5.44. The van der Waals surface area contributed by atoms with E-state index in [9.17, 15) is 0 Å². The summed E-state index contributed by atoms with van der Waals surface area (Å²) >= 11 is 0. The Hall–Kier alpha value is -0.830. The molecule has 0 radical (unpaired) electrons. The number of hydrogen-bond donors (Lipinski definition) is 1. The van der Waals surface area contributed by atoms with Gasteiger partial charge in [-0.25, -0.2) is 4.98 Å². The van der Waals surface area contributed by atoms with Gasteiger partial charge in [0.15, 0.2) is 0 Å². The van der Waals surface area contributed by atoms with E-state index in [0.717, 1.165) is 42.7 Å². The molecule has 4 bridgehead atoms. The Morgan fingerprint density at radius 1 is 1.16 bits per heavy atom. The molecule has 0 aliphatic heterocycles. The average molecular weight is 259 g/mol. The van der Waals surface area contributed by atoms with E-state index in [4.69, 9.17) is 0 Å². The molecule has 4 fully saturated rings. The van der Waals surface area contributed by atoms with Crippen molar-refractivity contribution in [1.29, 1.82) is 0 Å². The van der Waals surface area contributed by atoms with Crippen LogP contribution >= 0.6 is 0 Å². The van der Waals surface area contributed by atoms with E-state index >= 15 is 0 Å². The summed E-state index contributed by atoms with van der Waals surface area (Å²) in [4.78, 5) is 4.44. The van der Waals surface area contributed by atoms with Crippen LogP contribution in [0, 0.1) is 23.7 Å². The number of likely N-dealkylation sites (N-methyl/N-ethyl adjacent to an activating group) is 1. The lowest BCUT2D eigenvalue weighted by Gasteiger charge is -2.54. The van der Waals surface area contributed by atoms with Crippen LogP contribution in [0.5, 0.6) is 0 Å². The number of aromatic nitrogens is 2. The first-order valence-corrected chi connectivity index (χ1v) is 7.99. The van der Waals surface area contributed by atoms with Gasteiger partial charge in [0, 0.05) is 30.9 Å².